The highest BCUT2D eigenvalue weighted by Gasteiger charge is 2.08. The normalized spacial score (nSPS) is 12.4. The van der Waals surface area contributed by atoms with Gasteiger partial charge in [-0.25, -0.2) is 0 Å². The number of phenolic OH excluding ortho intramolecular Hbond substituents is 1. The predicted molar refractivity (Wildman–Crippen MR) is 70.7 cm³/mol. The standard InChI is InChI=1S/C13H13BrN2O/c14-11-6-10(7-16-8-11)13(15)5-9-1-3-12(17)4-2-9/h1-4,6-8,13,17H,5,15H2. The first-order valence-electron chi connectivity index (χ1n) is 5.29. The topological polar surface area (TPSA) is 59.1 Å². The number of phenols is 1. The van der Waals surface area contributed by atoms with Crippen LogP contribution in [0.2, 0.25) is 0 Å². The lowest BCUT2D eigenvalue weighted by Gasteiger charge is -2.12. The van der Waals surface area contributed by atoms with Crippen LogP contribution in [0.5, 0.6) is 5.75 Å². The van der Waals surface area contributed by atoms with Gasteiger partial charge in [-0.1, -0.05) is 12.1 Å². The van der Waals surface area contributed by atoms with Gasteiger partial charge < -0.3 is 10.8 Å². The minimum absolute atomic E-state index is 0.0930. The van der Waals surface area contributed by atoms with E-state index < -0.39 is 0 Å². The van der Waals surface area contributed by atoms with Crippen LogP contribution in [0, 0.1) is 0 Å². The Labute approximate surface area is 108 Å². The number of nitrogens with zero attached hydrogens (tertiary/aromatic N) is 1. The molecule has 17 heavy (non-hydrogen) atoms. The summed E-state index contributed by atoms with van der Waals surface area (Å²) < 4.78 is 0.927. The van der Waals surface area contributed by atoms with Gasteiger partial charge >= 0.3 is 0 Å². The third kappa shape index (κ3) is 3.28. The summed E-state index contributed by atoms with van der Waals surface area (Å²) in [5, 5.41) is 9.20. The van der Waals surface area contributed by atoms with Crippen molar-refractivity contribution in [1.29, 1.82) is 0 Å². The van der Waals surface area contributed by atoms with E-state index in [-0.39, 0.29) is 11.8 Å². The molecule has 0 saturated carbocycles. The van der Waals surface area contributed by atoms with Crippen molar-refractivity contribution in [3.05, 3.63) is 58.3 Å². The molecule has 0 spiro atoms. The molecule has 0 aliphatic heterocycles. The third-order valence-electron chi connectivity index (χ3n) is 2.55. The molecule has 1 unspecified atom stereocenters. The molecule has 0 aliphatic rings. The number of hydrogen-bond acceptors (Lipinski definition) is 3. The minimum atomic E-state index is -0.0930. The van der Waals surface area contributed by atoms with Crippen LogP contribution >= 0.6 is 15.9 Å². The Kier molecular flexibility index (Phi) is 3.76. The second kappa shape index (κ2) is 5.29. The van der Waals surface area contributed by atoms with E-state index in [1.54, 1.807) is 24.5 Å². The monoisotopic (exact) mass is 292 g/mol. The molecule has 0 bridgehead atoms. The van der Waals surface area contributed by atoms with Crippen molar-refractivity contribution in [2.24, 2.45) is 5.73 Å². The van der Waals surface area contributed by atoms with Crippen molar-refractivity contribution in [1.82, 2.24) is 4.98 Å². The molecule has 0 amide bonds. The minimum Gasteiger partial charge on any atom is -0.508 e. The van der Waals surface area contributed by atoms with Crippen molar-refractivity contribution in [3.63, 3.8) is 0 Å². The highest BCUT2D eigenvalue weighted by atomic mass is 79.9. The molecule has 0 saturated heterocycles. The molecule has 2 aromatic rings. The van der Waals surface area contributed by atoms with Crippen LogP contribution in [0.15, 0.2) is 47.2 Å². The van der Waals surface area contributed by atoms with E-state index in [1.165, 1.54) is 0 Å². The van der Waals surface area contributed by atoms with Gasteiger partial charge in [0.15, 0.2) is 0 Å². The smallest absolute Gasteiger partial charge is 0.115 e. The summed E-state index contributed by atoms with van der Waals surface area (Å²) in [6.07, 6.45) is 4.23. The van der Waals surface area contributed by atoms with Crippen LogP contribution in [0.3, 0.4) is 0 Å². The first kappa shape index (κ1) is 12.1. The van der Waals surface area contributed by atoms with Gasteiger partial charge in [0.1, 0.15) is 5.75 Å². The molecule has 1 heterocycles. The summed E-state index contributed by atoms with van der Waals surface area (Å²) in [5.41, 5.74) is 8.20. The van der Waals surface area contributed by atoms with Crippen molar-refractivity contribution in [3.8, 4) is 5.75 Å². The second-order valence-electron chi connectivity index (χ2n) is 3.91. The molecule has 88 valence electrons. The number of aromatic nitrogens is 1. The van der Waals surface area contributed by atoms with Crippen LogP contribution in [0.4, 0.5) is 0 Å². The SMILES string of the molecule is NC(Cc1ccc(O)cc1)c1cncc(Br)c1. The van der Waals surface area contributed by atoms with Crippen LogP contribution in [0.1, 0.15) is 17.2 Å². The zero-order valence-corrected chi connectivity index (χ0v) is 10.8. The summed E-state index contributed by atoms with van der Waals surface area (Å²) in [4.78, 5) is 4.09. The molecule has 0 radical (unpaired) electrons. The number of hydrogen-bond donors (Lipinski definition) is 2. The Bertz CT molecular complexity index is 499. The Balaban J connectivity index is 2.11. The highest BCUT2D eigenvalue weighted by molar-refractivity contribution is 9.10. The van der Waals surface area contributed by atoms with Crippen molar-refractivity contribution < 1.29 is 5.11 Å². The fourth-order valence-electron chi connectivity index (χ4n) is 1.63. The van der Waals surface area contributed by atoms with Crippen LogP contribution in [-0.2, 0) is 6.42 Å². The van der Waals surface area contributed by atoms with Crippen molar-refractivity contribution >= 4 is 15.9 Å². The van der Waals surface area contributed by atoms with Gasteiger partial charge in [0.2, 0.25) is 0 Å². The molecule has 2 rings (SSSR count). The van der Waals surface area contributed by atoms with Crippen molar-refractivity contribution in [2.75, 3.05) is 0 Å². The average Bonchev–Trinajstić information content (AvgIpc) is 2.32. The van der Waals surface area contributed by atoms with Gasteiger partial charge in [-0.3, -0.25) is 4.98 Å². The maximum absolute atomic E-state index is 9.20. The van der Waals surface area contributed by atoms with Gasteiger partial charge in [-0.15, -0.1) is 0 Å². The van der Waals surface area contributed by atoms with Gasteiger partial charge in [0.05, 0.1) is 0 Å². The maximum atomic E-state index is 9.20. The largest absolute Gasteiger partial charge is 0.508 e. The molecule has 1 aromatic carbocycles. The van der Waals surface area contributed by atoms with Crippen LogP contribution in [0.25, 0.3) is 0 Å². The lowest BCUT2D eigenvalue weighted by atomic mass is 10.0. The van der Waals surface area contributed by atoms with E-state index in [2.05, 4.69) is 20.9 Å². The molecule has 0 fully saturated rings. The zero-order chi connectivity index (χ0) is 12.3. The van der Waals surface area contributed by atoms with Crippen LogP contribution < -0.4 is 5.73 Å². The molecule has 1 atom stereocenters. The number of benzene rings is 1. The first-order chi connectivity index (χ1) is 8.15. The number of pyridine rings is 1. The lowest BCUT2D eigenvalue weighted by Crippen LogP contribution is -2.13. The fraction of sp³-hybridized carbons (Fsp3) is 0.154. The van der Waals surface area contributed by atoms with E-state index in [4.69, 9.17) is 5.73 Å². The average molecular weight is 293 g/mol. The van der Waals surface area contributed by atoms with Gasteiger partial charge in [0.25, 0.3) is 0 Å². The Morgan fingerprint density at radius 3 is 2.59 bits per heavy atom. The van der Waals surface area contributed by atoms with Gasteiger partial charge in [-0.2, -0.15) is 0 Å². The molecule has 1 aromatic heterocycles. The predicted octanol–water partition coefficient (Wildman–Crippen LogP) is 2.79. The summed E-state index contributed by atoms with van der Waals surface area (Å²) in [6.45, 7) is 0. The van der Waals surface area contributed by atoms with E-state index in [1.807, 2.05) is 18.2 Å². The molecular formula is C13H13BrN2O. The first-order valence-corrected chi connectivity index (χ1v) is 6.08. The highest BCUT2D eigenvalue weighted by Crippen LogP contribution is 2.19. The molecule has 3 N–H and O–H groups in total. The molecule has 0 aliphatic carbocycles. The number of aromatic hydroxyl groups is 1. The second-order valence-corrected chi connectivity index (χ2v) is 4.83. The van der Waals surface area contributed by atoms with Gasteiger partial charge in [-0.05, 0) is 51.7 Å². The maximum Gasteiger partial charge on any atom is 0.115 e. The van der Waals surface area contributed by atoms with Crippen LogP contribution in [-0.4, -0.2) is 10.1 Å². The Morgan fingerprint density at radius 1 is 1.24 bits per heavy atom. The van der Waals surface area contributed by atoms with E-state index in [0.717, 1.165) is 22.0 Å². The van der Waals surface area contributed by atoms with E-state index in [0.29, 0.717) is 0 Å². The third-order valence-corrected chi connectivity index (χ3v) is 2.98. The molecule has 3 nitrogen and oxygen atoms in total. The number of halogens is 1. The molecule has 4 heteroatoms. The summed E-state index contributed by atoms with van der Waals surface area (Å²) in [7, 11) is 0. The zero-order valence-electron chi connectivity index (χ0n) is 9.18. The van der Waals surface area contributed by atoms with E-state index >= 15 is 0 Å². The Morgan fingerprint density at radius 2 is 1.94 bits per heavy atom. The number of nitrogens with two attached hydrogens (primary N) is 1. The lowest BCUT2D eigenvalue weighted by molar-refractivity contribution is 0.475. The fourth-order valence-corrected chi connectivity index (χ4v) is 2.02. The summed E-state index contributed by atoms with van der Waals surface area (Å²) in [5.74, 6) is 0.270. The Hall–Kier alpha value is -1.39. The number of rotatable bonds is 3. The summed E-state index contributed by atoms with van der Waals surface area (Å²) >= 11 is 3.37. The quantitative estimate of drug-likeness (QED) is 0.915. The summed E-state index contributed by atoms with van der Waals surface area (Å²) in [6, 6.07) is 8.96. The molecular weight excluding hydrogens is 280 g/mol. The van der Waals surface area contributed by atoms with Crippen molar-refractivity contribution in [2.45, 2.75) is 12.5 Å². The van der Waals surface area contributed by atoms with Gasteiger partial charge in [0, 0.05) is 22.9 Å². The van der Waals surface area contributed by atoms with E-state index in [9.17, 15) is 5.11 Å².